The minimum Gasteiger partial charge on any atom is -0.335 e. The average molecular weight is 287 g/mol. The Balaban J connectivity index is 0.00000180. The van der Waals surface area contributed by atoms with Gasteiger partial charge in [-0.25, -0.2) is 9.18 Å². The fraction of sp³-hybridized carbons (Fsp3) is 0.500. The van der Waals surface area contributed by atoms with E-state index in [9.17, 15) is 9.18 Å². The van der Waals surface area contributed by atoms with Crippen molar-refractivity contribution in [3.63, 3.8) is 0 Å². The van der Waals surface area contributed by atoms with Gasteiger partial charge in [0, 0.05) is 13.1 Å². The molecule has 0 spiro atoms. The Morgan fingerprint density at radius 2 is 1.89 bits per heavy atom. The van der Waals surface area contributed by atoms with Gasteiger partial charge >= 0.3 is 6.03 Å². The smallest absolute Gasteiger partial charge is 0.321 e. The normalized spacial score (nSPS) is 15.5. The summed E-state index contributed by atoms with van der Waals surface area (Å²) in [7, 11) is 1.59. The molecular weight excluding hydrogens is 267 g/mol. The summed E-state index contributed by atoms with van der Waals surface area (Å²) in [6.45, 7) is 0. The predicted molar refractivity (Wildman–Crippen MR) is 77.5 cm³/mol. The molecule has 2 rings (SSSR count). The van der Waals surface area contributed by atoms with Crippen LogP contribution < -0.4 is 10.2 Å². The van der Waals surface area contributed by atoms with Crippen molar-refractivity contribution in [3.05, 3.63) is 30.1 Å². The molecule has 0 radical (unpaired) electrons. The zero-order chi connectivity index (χ0) is 13.0. The molecule has 106 valence electrons. The van der Waals surface area contributed by atoms with Crippen molar-refractivity contribution < 1.29 is 9.18 Å². The van der Waals surface area contributed by atoms with Crippen LogP contribution in [-0.2, 0) is 0 Å². The van der Waals surface area contributed by atoms with Crippen LogP contribution in [0.5, 0.6) is 0 Å². The Morgan fingerprint density at radius 3 is 2.53 bits per heavy atom. The maximum absolute atomic E-state index is 13.6. The molecule has 1 aromatic carbocycles. The molecule has 1 aliphatic rings. The molecule has 1 fully saturated rings. The van der Waals surface area contributed by atoms with E-state index in [0.717, 1.165) is 25.7 Å². The number of amides is 2. The Labute approximate surface area is 119 Å². The summed E-state index contributed by atoms with van der Waals surface area (Å²) >= 11 is 0. The summed E-state index contributed by atoms with van der Waals surface area (Å²) in [4.78, 5) is 13.3. The number of hydrogen-bond donors (Lipinski definition) is 1. The summed E-state index contributed by atoms with van der Waals surface area (Å²) in [5.41, 5.74) is 0.311. The highest BCUT2D eigenvalue weighted by Gasteiger charge is 2.19. The standard InChI is InChI=1S/C14H19FN2O.ClH/c1-17(13-10-6-5-9-12(13)15)14(18)16-11-7-3-2-4-8-11;/h5-6,9-11H,2-4,7-8H2,1H3,(H,16,18);1H. The van der Waals surface area contributed by atoms with Crippen LogP contribution in [0.1, 0.15) is 32.1 Å². The minimum atomic E-state index is -0.376. The van der Waals surface area contributed by atoms with Gasteiger partial charge in [-0.1, -0.05) is 31.4 Å². The number of nitrogens with one attached hydrogen (secondary N) is 1. The number of halogens is 2. The lowest BCUT2D eigenvalue weighted by Gasteiger charge is -2.26. The third-order valence-corrected chi connectivity index (χ3v) is 3.45. The molecule has 1 aliphatic carbocycles. The number of nitrogens with zero attached hydrogens (tertiary/aromatic N) is 1. The molecule has 0 heterocycles. The van der Waals surface area contributed by atoms with Crippen molar-refractivity contribution in [1.82, 2.24) is 5.32 Å². The van der Waals surface area contributed by atoms with Gasteiger partial charge in [0.05, 0.1) is 5.69 Å². The first-order chi connectivity index (χ1) is 8.68. The monoisotopic (exact) mass is 286 g/mol. The molecule has 1 aromatic rings. The molecule has 0 aliphatic heterocycles. The van der Waals surface area contributed by atoms with E-state index < -0.39 is 0 Å². The highest BCUT2D eigenvalue weighted by molar-refractivity contribution is 5.91. The highest BCUT2D eigenvalue weighted by atomic mass is 35.5. The zero-order valence-corrected chi connectivity index (χ0v) is 11.9. The molecule has 3 nitrogen and oxygen atoms in total. The number of urea groups is 1. The largest absolute Gasteiger partial charge is 0.335 e. The SMILES string of the molecule is CN(C(=O)NC1CCCCC1)c1ccccc1F.Cl. The van der Waals surface area contributed by atoms with Crippen LogP contribution in [0, 0.1) is 5.82 Å². The van der Waals surface area contributed by atoms with Crippen molar-refractivity contribution in [2.75, 3.05) is 11.9 Å². The van der Waals surface area contributed by atoms with Gasteiger partial charge in [0.15, 0.2) is 0 Å². The van der Waals surface area contributed by atoms with E-state index in [4.69, 9.17) is 0 Å². The van der Waals surface area contributed by atoms with E-state index in [2.05, 4.69) is 5.32 Å². The third kappa shape index (κ3) is 4.10. The van der Waals surface area contributed by atoms with E-state index in [-0.39, 0.29) is 30.3 Å². The molecule has 19 heavy (non-hydrogen) atoms. The van der Waals surface area contributed by atoms with E-state index in [1.165, 1.54) is 17.4 Å². The molecule has 0 unspecified atom stereocenters. The topological polar surface area (TPSA) is 32.3 Å². The van der Waals surface area contributed by atoms with Crippen LogP contribution in [0.2, 0.25) is 0 Å². The van der Waals surface area contributed by atoms with Crippen LogP contribution in [0.3, 0.4) is 0 Å². The number of rotatable bonds is 2. The second-order valence-electron chi connectivity index (χ2n) is 4.79. The maximum Gasteiger partial charge on any atom is 0.321 e. The lowest BCUT2D eigenvalue weighted by Crippen LogP contribution is -2.44. The quantitative estimate of drug-likeness (QED) is 0.883. The van der Waals surface area contributed by atoms with E-state index in [0.29, 0.717) is 5.69 Å². The average Bonchev–Trinajstić information content (AvgIpc) is 2.39. The molecule has 0 saturated heterocycles. The van der Waals surface area contributed by atoms with E-state index in [1.807, 2.05) is 0 Å². The summed E-state index contributed by atoms with van der Waals surface area (Å²) in [5.74, 6) is -0.376. The summed E-state index contributed by atoms with van der Waals surface area (Å²) < 4.78 is 13.6. The Hall–Kier alpha value is -1.29. The molecule has 0 atom stereocenters. The van der Waals surface area contributed by atoms with Crippen LogP contribution in [-0.4, -0.2) is 19.1 Å². The van der Waals surface area contributed by atoms with Gasteiger partial charge in [0.1, 0.15) is 5.82 Å². The summed E-state index contributed by atoms with van der Waals surface area (Å²) in [6.07, 6.45) is 5.62. The summed E-state index contributed by atoms with van der Waals surface area (Å²) in [5, 5.41) is 2.96. The van der Waals surface area contributed by atoms with Crippen molar-refractivity contribution >= 4 is 24.1 Å². The van der Waals surface area contributed by atoms with Crippen LogP contribution in [0.4, 0.5) is 14.9 Å². The Bertz CT molecular complexity index is 422. The lowest BCUT2D eigenvalue weighted by molar-refractivity contribution is 0.239. The molecule has 1 N–H and O–H groups in total. The number of benzene rings is 1. The zero-order valence-electron chi connectivity index (χ0n) is 11.1. The Kier molecular flexibility index (Phi) is 6.09. The first kappa shape index (κ1) is 15.8. The van der Waals surface area contributed by atoms with Gasteiger partial charge in [0.25, 0.3) is 0 Å². The van der Waals surface area contributed by atoms with Gasteiger partial charge in [-0.2, -0.15) is 0 Å². The fourth-order valence-corrected chi connectivity index (χ4v) is 2.35. The van der Waals surface area contributed by atoms with Crippen molar-refractivity contribution in [2.24, 2.45) is 0 Å². The van der Waals surface area contributed by atoms with Crippen molar-refractivity contribution in [1.29, 1.82) is 0 Å². The number of carbonyl (C=O) groups excluding carboxylic acids is 1. The van der Waals surface area contributed by atoms with Crippen molar-refractivity contribution in [3.8, 4) is 0 Å². The number of carbonyl (C=O) groups is 1. The molecule has 1 saturated carbocycles. The number of para-hydroxylation sites is 1. The number of hydrogen-bond acceptors (Lipinski definition) is 1. The molecular formula is C14H20ClFN2O. The minimum absolute atomic E-state index is 0. The van der Waals surface area contributed by atoms with Gasteiger partial charge < -0.3 is 5.32 Å². The second-order valence-corrected chi connectivity index (χ2v) is 4.79. The molecule has 2 amide bonds. The fourth-order valence-electron chi connectivity index (χ4n) is 2.35. The molecule has 0 bridgehead atoms. The lowest BCUT2D eigenvalue weighted by atomic mass is 9.96. The van der Waals surface area contributed by atoms with Crippen LogP contribution in [0.15, 0.2) is 24.3 Å². The van der Waals surface area contributed by atoms with Gasteiger partial charge in [-0.05, 0) is 25.0 Å². The highest BCUT2D eigenvalue weighted by Crippen LogP contribution is 2.20. The number of anilines is 1. The predicted octanol–water partition coefficient (Wildman–Crippen LogP) is 3.73. The molecule has 5 heteroatoms. The Morgan fingerprint density at radius 1 is 1.26 bits per heavy atom. The summed E-state index contributed by atoms with van der Waals surface area (Å²) in [6, 6.07) is 6.32. The van der Waals surface area contributed by atoms with E-state index in [1.54, 1.807) is 25.2 Å². The first-order valence-electron chi connectivity index (χ1n) is 6.47. The second kappa shape index (κ2) is 7.34. The van der Waals surface area contributed by atoms with Gasteiger partial charge in [-0.15, -0.1) is 12.4 Å². The van der Waals surface area contributed by atoms with Crippen molar-refractivity contribution in [2.45, 2.75) is 38.1 Å². The van der Waals surface area contributed by atoms with Crippen LogP contribution >= 0.6 is 12.4 Å². The van der Waals surface area contributed by atoms with Gasteiger partial charge in [-0.3, -0.25) is 4.90 Å². The van der Waals surface area contributed by atoms with E-state index >= 15 is 0 Å². The maximum atomic E-state index is 13.6. The first-order valence-corrected chi connectivity index (χ1v) is 6.47. The van der Waals surface area contributed by atoms with Gasteiger partial charge in [0.2, 0.25) is 0 Å². The third-order valence-electron chi connectivity index (χ3n) is 3.45. The molecule has 0 aromatic heterocycles. The van der Waals surface area contributed by atoms with Crippen LogP contribution in [0.25, 0.3) is 0 Å².